The van der Waals surface area contributed by atoms with E-state index in [2.05, 4.69) is 20.8 Å². The predicted octanol–water partition coefficient (Wildman–Crippen LogP) is 10.3. The molecule has 0 aliphatic carbocycles. The molecule has 0 aromatic carbocycles. The summed E-state index contributed by atoms with van der Waals surface area (Å²) in [5, 5.41) is 62.5. The first kappa shape index (κ1) is 61.2. The number of aliphatic hydroxyl groups excluding tert-OH is 6. The van der Waals surface area contributed by atoms with Crippen LogP contribution in [0.2, 0.25) is 0 Å². The minimum atomic E-state index is -1.08. The lowest BCUT2D eigenvalue weighted by Gasteiger charge is -2.20. The molecule has 0 aliphatic heterocycles. The SMILES string of the molecule is CCCCCCCCCC[C@H](O)[C@H](O)CCCC(=O)OCC(COC(=O)CCC[C@@H](O)[C@@H](O)CCCCCCCCCC)OC(=O)CCC[C@@H](O)[C@@H](O)CCCCCCCCCC. The molecular weight excluding hydrogens is 805 g/mol. The molecule has 0 saturated heterocycles. The van der Waals surface area contributed by atoms with E-state index in [0.717, 1.165) is 57.8 Å². The fraction of sp³-hybridized carbons (Fsp3) is 0.941. The second-order valence-corrected chi connectivity index (χ2v) is 18.3. The van der Waals surface area contributed by atoms with Crippen molar-refractivity contribution in [3.63, 3.8) is 0 Å². The maximum Gasteiger partial charge on any atom is 0.306 e. The van der Waals surface area contributed by atoms with Crippen molar-refractivity contribution >= 4 is 17.9 Å². The third-order valence-corrected chi connectivity index (χ3v) is 12.2. The van der Waals surface area contributed by atoms with Crippen LogP contribution in [0.5, 0.6) is 0 Å². The molecular formula is C51H98O12. The fourth-order valence-electron chi connectivity index (χ4n) is 7.86. The van der Waals surface area contributed by atoms with Crippen molar-refractivity contribution in [2.75, 3.05) is 13.2 Å². The van der Waals surface area contributed by atoms with Gasteiger partial charge in [-0.3, -0.25) is 14.4 Å². The summed E-state index contributed by atoms with van der Waals surface area (Å²) in [7, 11) is 0. The topological polar surface area (TPSA) is 200 Å². The van der Waals surface area contributed by atoms with Crippen LogP contribution in [0.1, 0.15) is 252 Å². The second kappa shape index (κ2) is 44.0. The van der Waals surface area contributed by atoms with E-state index in [-0.39, 0.29) is 58.2 Å². The van der Waals surface area contributed by atoms with E-state index in [9.17, 15) is 45.0 Å². The van der Waals surface area contributed by atoms with Gasteiger partial charge in [0.15, 0.2) is 6.10 Å². The van der Waals surface area contributed by atoms with Crippen molar-refractivity contribution in [3.8, 4) is 0 Å². The summed E-state index contributed by atoms with van der Waals surface area (Å²) in [6, 6.07) is 0. The monoisotopic (exact) mass is 903 g/mol. The van der Waals surface area contributed by atoms with E-state index in [0.29, 0.717) is 32.1 Å². The third-order valence-electron chi connectivity index (χ3n) is 12.2. The molecule has 0 unspecified atom stereocenters. The molecule has 0 amide bonds. The van der Waals surface area contributed by atoms with Crippen LogP contribution in [-0.4, -0.2) is 104 Å². The Labute approximate surface area is 384 Å². The number of carbonyl (C=O) groups is 3. The molecule has 0 aromatic rings. The summed E-state index contributed by atoms with van der Waals surface area (Å²) >= 11 is 0. The zero-order chi connectivity index (χ0) is 46.8. The second-order valence-electron chi connectivity index (χ2n) is 18.3. The number of hydrogen-bond acceptors (Lipinski definition) is 12. The Morgan fingerprint density at radius 1 is 0.317 bits per heavy atom. The first-order valence-electron chi connectivity index (χ1n) is 26.0. The van der Waals surface area contributed by atoms with E-state index in [1.165, 1.54) is 96.3 Å². The number of carbonyl (C=O) groups excluding carboxylic acids is 3. The highest BCUT2D eigenvalue weighted by atomic mass is 16.6. The molecule has 0 heterocycles. The van der Waals surface area contributed by atoms with Crippen molar-refractivity contribution in [1.29, 1.82) is 0 Å². The quantitative estimate of drug-likeness (QED) is 0.0192. The van der Waals surface area contributed by atoms with Crippen LogP contribution in [0, 0.1) is 0 Å². The number of hydrogen-bond donors (Lipinski definition) is 6. The number of rotatable bonds is 47. The van der Waals surface area contributed by atoms with Gasteiger partial charge in [0.2, 0.25) is 0 Å². The van der Waals surface area contributed by atoms with Crippen LogP contribution < -0.4 is 0 Å². The molecule has 374 valence electrons. The number of aliphatic hydroxyl groups is 6. The van der Waals surface area contributed by atoms with Gasteiger partial charge in [-0.25, -0.2) is 0 Å². The van der Waals surface area contributed by atoms with E-state index in [4.69, 9.17) is 14.2 Å². The summed E-state index contributed by atoms with van der Waals surface area (Å²) < 4.78 is 16.3. The van der Waals surface area contributed by atoms with E-state index >= 15 is 0 Å². The summed E-state index contributed by atoms with van der Waals surface area (Å²) in [5.74, 6) is -1.79. The lowest BCUT2D eigenvalue weighted by atomic mass is 10.0. The number of ether oxygens (including phenoxy) is 3. The highest BCUT2D eigenvalue weighted by molar-refractivity contribution is 5.71. The van der Waals surface area contributed by atoms with Crippen LogP contribution >= 0.6 is 0 Å². The summed E-state index contributed by atoms with van der Waals surface area (Å²) in [6.45, 7) is 5.87. The maximum absolute atomic E-state index is 12.8. The van der Waals surface area contributed by atoms with Gasteiger partial charge in [0.05, 0.1) is 36.6 Å². The third kappa shape index (κ3) is 39.1. The van der Waals surface area contributed by atoms with Crippen LogP contribution in [0.25, 0.3) is 0 Å². The van der Waals surface area contributed by atoms with Crippen LogP contribution in [-0.2, 0) is 28.6 Å². The molecule has 12 nitrogen and oxygen atoms in total. The molecule has 0 bridgehead atoms. The molecule has 0 rings (SSSR count). The normalized spacial score (nSPS) is 14.6. The Balaban J connectivity index is 4.81. The zero-order valence-electron chi connectivity index (χ0n) is 40.5. The van der Waals surface area contributed by atoms with Gasteiger partial charge in [-0.2, -0.15) is 0 Å². The Hall–Kier alpha value is -1.83. The molecule has 0 aliphatic rings. The predicted molar refractivity (Wildman–Crippen MR) is 251 cm³/mol. The highest BCUT2D eigenvalue weighted by Crippen LogP contribution is 2.18. The van der Waals surface area contributed by atoms with Crippen LogP contribution in [0.4, 0.5) is 0 Å². The van der Waals surface area contributed by atoms with Crippen molar-refractivity contribution in [3.05, 3.63) is 0 Å². The molecule has 0 aromatic heterocycles. The Kier molecular flexibility index (Phi) is 42.8. The van der Waals surface area contributed by atoms with Gasteiger partial charge >= 0.3 is 17.9 Å². The van der Waals surface area contributed by atoms with Crippen LogP contribution in [0.15, 0.2) is 0 Å². The van der Waals surface area contributed by atoms with Crippen molar-refractivity contribution in [2.24, 2.45) is 0 Å². The van der Waals surface area contributed by atoms with Gasteiger partial charge in [-0.15, -0.1) is 0 Å². The maximum atomic E-state index is 12.8. The molecule has 6 N–H and O–H groups in total. The lowest BCUT2D eigenvalue weighted by Crippen LogP contribution is -2.31. The van der Waals surface area contributed by atoms with Crippen molar-refractivity contribution in [2.45, 2.75) is 295 Å². The van der Waals surface area contributed by atoms with Crippen molar-refractivity contribution < 1.29 is 59.2 Å². The highest BCUT2D eigenvalue weighted by Gasteiger charge is 2.23. The number of esters is 3. The average molecular weight is 903 g/mol. The minimum absolute atomic E-state index is 0.0195. The molecule has 0 radical (unpaired) electrons. The summed E-state index contributed by atoms with van der Waals surface area (Å²) in [4.78, 5) is 38.1. The molecule has 6 atom stereocenters. The Morgan fingerprint density at radius 2 is 0.540 bits per heavy atom. The van der Waals surface area contributed by atoms with Gasteiger partial charge in [-0.1, -0.05) is 175 Å². The van der Waals surface area contributed by atoms with E-state index < -0.39 is 60.6 Å². The average Bonchev–Trinajstić information content (AvgIpc) is 3.26. The Bertz CT molecular complexity index is 990. The van der Waals surface area contributed by atoms with Gasteiger partial charge < -0.3 is 44.8 Å². The molecule has 63 heavy (non-hydrogen) atoms. The summed E-state index contributed by atoms with van der Waals surface area (Å²) in [5.41, 5.74) is 0. The van der Waals surface area contributed by atoms with E-state index in [1.807, 2.05) is 0 Å². The van der Waals surface area contributed by atoms with Gasteiger partial charge in [0, 0.05) is 19.3 Å². The standard InChI is InChI=1S/C51H98O12/c1-4-7-10-13-16-19-22-25-31-43(52)46(55)34-28-37-49(58)61-40-42(63-51(60)39-30-36-48(57)45(54)33-27-24-21-18-15-12-9-6-3)41-62-50(59)38-29-35-47(56)44(53)32-26-23-20-17-14-11-8-5-2/h42-48,52-57H,4-41H2,1-3H3/t43-,44-,45-,46+,47+,48+/m0/s1. The van der Waals surface area contributed by atoms with E-state index in [1.54, 1.807) is 0 Å². The van der Waals surface area contributed by atoms with Gasteiger partial charge in [-0.05, 0) is 57.8 Å². The lowest BCUT2D eigenvalue weighted by molar-refractivity contribution is -0.167. The number of unbranched alkanes of at least 4 members (excludes halogenated alkanes) is 21. The van der Waals surface area contributed by atoms with Crippen LogP contribution in [0.3, 0.4) is 0 Å². The van der Waals surface area contributed by atoms with Gasteiger partial charge in [0.25, 0.3) is 0 Å². The molecule has 0 saturated carbocycles. The first-order chi connectivity index (χ1) is 30.4. The summed E-state index contributed by atoms with van der Waals surface area (Å²) in [6.07, 6.45) is 23.8. The fourth-order valence-corrected chi connectivity index (χ4v) is 7.86. The Morgan fingerprint density at radius 3 is 0.810 bits per heavy atom. The molecule has 12 heteroatoms. The first-order valence-corrected chi connectivity index (χ1v) is 26.0. The smallest absolute Gasteiger partial charge is 0.306 e. The van der Waals surface area contributed by atoms with Crippen molar-refractivity contribution in [1.82, 2.24) is 0 Å². The largest absolute Gasteiger partial charge is 0.462 e. The van der Waals surface area contributed by atoms with Gasteiger partial charge in [0.1, 0.15) is 13.2 Å². The molecule has 0 spiro atoms. The molecule has 0 fully saturated rings. The minimum Gasteiger partial charge on any atom is -0.462 e. The zero-order valence-corrected chi connectivity index (χ0v) is 40.5.